The van der Waals surface area contributed by atoms with Crippen molar-refractivity contribution in [3.8, 4) is 0 Å². The number of hydrogen-bond donors (Lipinski definition) is 4. The van der Waals surface area contributed by atoms with Gasteiger partial charge in [-0.3, -0.25) is 14.4 Å². The van der Waals surface area contributed by atoms with E-state index in [-0.39, 0.29) is 44.2 Å². The van der Waals surface area contributed by atoms with E-state index >= 15 is 0 Å². The number of unbranched alkanes of at least 4 members (excludes halogenated alkanes) is 30. The largest absolute Gasteiger partial charge is 0.695 e. The molecule has 496 valence electrons. The zero-order chi connectivity index (χ0) is 62.1. The Morgan fingerprint density at radius 1 is 0.506 bits per heavy atom. The van der Waals surface area contributed by atoms with Crippen molar-refractivity contribution in [1.82, 2.24) is 10.6 Å². The molecule has 0 aliphatic carbocycles. The number of allylic oxidation sites excluding steroid dienone is 2. The van der Waals surface area contributed by atoms with Crippen LogP contribution in [-0.2, 0) is 56.2 Å². The van der Waals surface area contributed by atoms with Gasteiger partial charge in [0.05, 0.1) is 19.1 Å². The van der Waals surface area contributed by atoms with Gasteiger partial charge in [-0.1, -0.05) is 240 Å². The van der Waals surface area contributed by atoms with Crippen LogP contribution in [0.25, 0.3) is 0 Å². The van der Waals surface area contributed by atoms with E-state index in [4.69, 9.17) is 32.7 Å². The van der Waals surface area contributed by atoms with Crippen LogP contribution in [-0.4, -0.2) is 115 Å². The Morgan fingerprint density at radius 2 is 0.965 bits per heavy atom. The molecule has 0 spiro atoms. The van der Waals surface area contributed by atoms with Crippen LogP contribution in [0.2, 0.25) is 0 Å². The molecule has 4 N–H and O–H groups in total. The molecule has 2 saturated heterocycles. The summed E-state index contributed by atoms with van der Waals surface area (Å²) in [5.74, 6) is -0.677. The lowest BCUT2D eigenvalue weighted by molar-refractivity contribution is -0.295. The Bertz CT molecular complexity index is 1730. The second kappa shape index (κ2) is 52.9. The third-order valence-corrected chi connectivity index (χ3v) is 17.8. The van der Waals surface area contributed by atoms with Gasteiger partial charge < -0.3 is 39.4 Å². The van der Waals surface area contributed by atoms with Crippen LogP contribution in [0.1, 0.15) is 305 Å². The van der Waals surface area contributed by atoms with E-state index < -0.39 is 83.5 Å². The summed E-state index contributed by atoms with van der Waals surface area (Å²) >= 11 is 0. The van der Waals surface area contributed by atoms with Crippen LogP contribution >= 0.6 is 16.3 Å². The van der Waals surface area contributed by atoms with Crippen molar-refractivity contribution < 1.29 is 66.2 Å². The molecule has 0 bridgehead atoms. The van der Waals surface area contributed by atoms with Crippen LogP contribution in [0.3, 0.4) is 0 Å². The summed E-state index contributed by atoms with van der Waals surface area (Å²) in [6.45, 7) is 14.5. The van der Waals surface area contributed by atoms with E-state index in [0.29, 0.717) is 38.2 Å². The summed E-state index contributed by atoms with van der Waals surface area (Å²) in [5.41, 5.74) is 0. The fraction of sp³-hybridized carbons (Fsp3) is 0.925. The molecule has 2 aliphatic heterocycles. The van der Waals surface area contributed by atoms with Gasteiger partial charge in [0.2, 0.25) is 18.1 Å². The summed E-state index contributed by atoms with van der Waals surface area (Å²) in [6.07, 6.45) is 36.8. The highest BCUT2D eigenvalue weighted by molar-refractivity contribution is 7.38. The zero-order valence-corrected chi connectivity index (χ0v) is 56.6. The summed E-state index contributed by atoms with van der Waals surface area (Å²) in [7, 11) is -5.41. The predicted molar refractivity (Wildman–Crippen MR) is 343 cm³/mol. The van der Waals surface area contributed by atoms with Crippen LogP contribution in [0.15, 0.2) is 12.2 Å². The molecule has 0 radical (unpaired) electrons. The number of hydrogen-bond acceptors (Lipinski definition) is 13. The van der Waals surface area contributed by atoms with Crippen molar-refractivity contribution >= 4 is 33.9 Å². The van der Waals surface area contributed by atoms with E-state index in [1.54, 1.807) is 0 Å². The average Bonchev–Trinajstić information content (AvgIpc) is 1.94. The molecule has 13 atom stereocenters. The molecule has 0 aromatic carbocycles. The summed E-state index contributed by atoms with van der Waals surface area (Å²) < 4.78 is 69.8. The molecule has 2 amide bonds. The first-order valence-corrected chi connectivity index (χ1v) is 37.5. The number of nitrogens with one attached hydrogen (secondary N) is 2. The molecule has 0 aromatic heterocycles. The Morgan fingerprint density at radius 3 is 1.51 bits per heavy atom. The van der Waals surface area contributed by atoms with Crippen LogP contribution in [0, 0.1) is 5.92 Å². The summed E-state index contributed by atoms with van der Waals surface area (Å²) in [4.78, 5) is 51.2. The molecule has 2 fully saturated rings. The van der Waals surface area contributed by atoms with Gasteiger partial charge in [-0.25, -0.2) is 0 Å². The quantitative estimate of drug-likeness (QED) is 0.0193. The number of ketones is 1. The highest BCUT2D eigenvalue weighted by atomic mass is 31.1. The van der Waals surface area contributed by atoms with Crippen molar-refractivity contribution in [1.29, 1.82) is 0 Å². The SMILES string of the molecule is CCCCCC/C=C\CCCCCCCCCC(=O)N[C@@H]1[C@H](OC[C@H]2OC(O[P+](C)=O)[C@@H](NC(=O)CC(=O)CCCCCCCCCCC)[C@@H](OCCCCCCCCCC)C2O)O[C@H](CC)[C@H](O[P+](=O)O)[C@@H]1OCC[C@H](C)CCCCCCC. The molecular formula is C67H126N2O14P2+2. The predicted octanol–water partition coefficient (Wildman–Crippen LogP) is 16.8. The van der Waals surface area contributed by atoms with Crippen LogP contribution in [0.4, 0.5) is 0 Å². The highest BCUT2D eigenvalue weighted by Crippen LogP contribution is 2.36. The van der Waals surface area contributed by atoms with Gasteiger partial charge in [-0.15, -0.1) is 13.9 Å². The van der Waals surface area contributed by atoms with Gasteiger partial charge >= 0.3 is 16.3 Å². The first-order chi connectivity index (χ1) is 41.3. The summed E-state index contributed by atoms with van der Waals surface area (Å²) in [6, 6.07) is -2.15. The third kappa shape index (κ3) is 38.5. The number of amides is 2. The van der Waals surface area contributed by atoms with Crippen LogP contribution in [0.5, 0.6) is 0 Å². The number of ether oxygens (including phenoxy) is 5. The maximum absolute atomic E-state index is 14.1. The lowest BCUT2D eigenvalue weighted by Crippen LogP contribution is -2.67. The highest BCUT2D eigenvalue weighted by Gasteiger charge is 2.54. The lowest BCUT2D eigenvalue weighted by Gasteiger charge is -2.46. The Hall–Kier alpha value is -1.81. The fourth-order valence-electron chi connectivity index (χ4n) is 11.6. The van der Waals surface area contributed by atoms with E-state index in [1.165, 1.54) is 135 Å². The number of carbonyl (C=O) groups excluding carboxylic acids is 3. The monoisotopic (exact) mass is 1240 g/mol. The normalized spacial score (nSPS) is 23.3. The van der Waals surface area contributed by atoms with Gasteiger partial charge in [0.1, 0.15) is 42.3 Å². The van der Waals surface area contributed by atoms with Gasteiger partial charge in [0, 0.05) is 30.6 Å². The van der Waals surface area contributed by atoms with Crippen molar-refractivity contribution in [2.45, 2.75) is 366 Å². The molecular weight excluding hydrogens is 1120 g/mol. The van der Waals surface area contributed by atoms with Crippen molar-refractivity contribution in [2.24, 2.45) is 5.92 Å². The van der Waals surface area contributed by atoms with E-state index in [0.717, 1.165) is 89.9 Å². The van der Waals surface area contributed by atoms with E-state index in [1.807, 2.05) is 6.92 Å². The second-order valence-electron chi connectivity index (χ2n) is 24.7. The number of aliphatic hydroxyl groups excluding tert-OH is 1. The first-order valence-electron chi connectivity index (χ1n) is 34.8. The number of rotatable bonds is 57. The third-order valence-electron chi connectivity index (χ3n) is 16.9. The van der Waals surface area contributed by atoms with Gasteiger partial charge in [0.15, 0.2) is 19.1 Å². The van der Waals surface area contributed by atoms with Crippen molar-refractivity contribution in [3.05, 3.63) is 12.2 Å². The Kier molecular flexibility index (Phi) is 49.4. The van der Waals surface area contributed by atoms with Gasteiger partial charge in [0.25, 0.3) is 0 Å². The molecule has 2 aliphatic rings. The molecule has 2 heterocycles. The average molecular weight is 1250 g/mol. The van der Waals surface area contributed by atoms with E-state index in [9.17, 15) is 33.5 Å². The first kappa shape index (κ1) is 79.3. The Balaban J connectivity index is 2.34. The van der Waals surface area contributed by atoms with Crippen molar-refractivity contribution in [3.63, 3.8) is 0 Å². The maximum atomic E-state index is 14.1. The standard InChI is InChI=1S/C67H124N2O14P2/c1-8-13-17-21-24-27-28-29-30-31-32-34-36-40-44-48-58(71)68-61-65(78-51-49-54(6)46-42-38-20-16-11-4)63(82-85(75)76)56(12-5)80-66(61)79-53-57-62(73)64(77-50-45-41-37-26-23-19-15-10-3)60(67(81-57)83-84(7)74)69-59(72)52-55(70)47-43-39-35-33-25-22-18-14-9-2/h27-28,54,56-57,60-67,73H,8-26,29-53H2,1-7H3,(H-2,68,69,71,72,75,76)/p+2/b28-27-/t54-,56-,57-,60+,61+,62?,63+,64-,65-,66-,67?/m1/s1. The topological polar surface area (TPSA) is 214 Å². The smallest absolute Gasteiger partial charge is 0.388 e. The minimum Gasteiger partial charge on any atom is -0.388 e. The zero-order valence-electron chi connectivity index (χ0n) is 54.8. The molecule has 85 heavy (non-hydrogen) atoms. The molecule has 2 rings (SSSR count). The lowest BCUT2D eigenvalue weighted by atomic mass is 9.94. The molecule has 4 unspecified atom stereocenters. The minimum atomic E-state index is -3.10. The van der Waals surface area contributed by atoms with E-state index in [2.05, 4.69) is 57.4 Å². The molecule has 0 aromatic rings. The second-order valence-corrected chi connectivity index (χ2v) is 26.5. The molecule has 0 saturated carbocycles. The van der Waals surface area contributed by atoms with Crippen molar-refractivity contribution in [2.75, 3.05) is 26.5 Å². The number of carbonyl (C=O) groups is 3. The molecule has 18 heteroatoms. The molecule has 16 nitrogen and oxygen atoms in total. The van der Waals surface area contributed by atoms with Crippen LogP contribution < -0.4 is 10.6 Å². The van der Waals surface area contributed by atoms with Gasteiger partial charge in [-0.2, -0.15) is 0 Å². The fourth-order valence-corrected chi connectivity index (χ4v) is 12.6. The summed E-state index contributed by atoms with van der Waals surface area (Å²) in [5, 5.41) is 18.3. The number of aliphatic hydroxyl groups is 1. The maximum Gasteiger partial charge on any atom is 0.695 e. The number of Topliss-reactive ketones (excluding diaryl/α,β-unsaturated/α-hetero) is 1. The Labute approximate surface area is 519 Å². The van der Waals surface area contributed by atoms with Gasteiger partial charge in [-0.05, 0) is 68.3 Å². The minimum absolute atomic E-state index is 0.194.